The molecule has 0 aliphatic rings. The Hall–Kier alpha value is -3.09. The number of aromatic nitrogens is 3. The van der Waals surface area contributed by atoms with Crippen LogP contribution in [0.4, 0.5) is 16.4 Å². The van der Waals surface area contributed by atoms with Crippen LogP contribution in [0.2, 0.25) is 0 Å². The molecular formula is C15H16N6O. The summed E-state index contributed by atoms with van der Waals surface area (Å²) in [4.78, 5) is 15.5. The second-order valence-electron chi connectivity index (χ2n) is 4.69. The van der Waals surface area contributed by atoms with Crippen molar-refractivity contribution in [3.63, 3.8) is 0 Å². The van der Waals surface area contributed by atoms with Crippen molar-refractivity contribution >= 4 is 23.3 Å². The Morgan fingerprint density at radius 1 is 1.14 bits per heavy atom. The first-order chi connectivity index (χ1) is 10.7. The number of urea groups is 1. The largest absolute Gasteiger partial charge is 0.365 e. The Kier molecular flexibility index (Phi) is 3.86. The molecule has 3 aromatic rings. The Balaban J connectivity index is 1.73. The number of nitrogens with zero attached hydrogens (tertiary/aromatic N) is 3. The number of anilines is 2. The fourth-order valence-corrected chi connectivity index (χ4v) is 2.00. The highest BCUT2D eigenvalue weighted by molar-refractivity contribution is 5.88. The van der Waals surface area contributed by atoms with Gasteiger partial charge in [0, 0.05) is 13.6 Å². The van der Waals surface area contributed by atoms with Crippen molar-refractivity contribution in [2.45, 2.75) is 6.54 Å². The average Bonchev–Trinajstić information content (AvgIpc) is 2.95. The summed E-state index contributed by atoms with van der Waals surface area (Å²) >= 11 is 0. The van der Waals surface area contributed by atoms with Crippen molar-refractivity contribution in [1.82, 2.24) is 19.9 Å². The minimum absolute atomic E-state index is 0.314. The number of hydrogen-bond donors (Lipinski definition) is 3. The van der Waals surface area contributed by atoms with Gasteiger partial charge in [0.05, 0.1) is 6.20 Å². The number of rotatable bonds is 4. The van der Waals surface area contributed by atoms with Crippen molar-refractivity contribution in [3.8, 4) is 0 Å². The highest BCUT2D eigenvalue weighted by Gasteiger charge is 2.06. The molecule has 0 saturated heterocycles. The van der Waals surface area contributed by atoms with Gasteiger partial charge < -0.3 is 10.6 Å². The second-order valence-corrected chi connectivity index (χ2v) is 4.69. The monoisotopic (exact) mass is 296 g/mol. The zero-order valence-electron chi connectivity index (χ0n) is 12.1. The number of benzene rings is 1. The highest BCUT2D eigenvalue weighted by atomic mass is 16.2. The summed E-state index contributed by atoms with van der Waals surface area (Å²) in [5, 5.41) is 12.8. The van der Waals surface area contributed by atoms with E-state index in [4.69, 9.17) is 0 Å². The third-order valence-corrected chi connectivity index (χ3v) is 3.11. The molecule has 0 atom stereocenters. The first kappa shape index (κ1) is 13.9. The lowest BCUT2D eigenvalue weighted by atomic mass is 10.2. The van der Waals surface area contributed by atoms with E-state index < -0.39 is 0 Å². The van der Waals surface area contributed by atoms with Gasteiger partial charge in [0.1, 0.15) is 5.82 Å². The van der Waals surface area contributed by atoms with Crippen molar-refractivity contribution in [1.29, 1.82) is 0 Å². The van der Waals surface area contributed by atoms with Crippen LogP contribution >= 0.6 is 0 Å². The van der Waals surface area contributed by atoms with Crippen molar-refractivity contribution in [2.24, 2.45) is 0 Å². The SMILES string of the molecule is CNC(=O)Nc1cn2nc(NCc3ccccc3)ccc2n1. The van der Waals surface area contributed by atoms with Gasteiger partial charge in [0.15, 0.2) is 11.5 Å². The van der Waals surface area contributed by atoms with E-state index in [0.717, 1.165) is 5.82 Å². The summed E-state index contributed by atoms with van der Waals surface area (Å²) in [6.45, 7) is 0.692. The molecule has 0 aliphatic carbocycles. The number of nitrogens with one attached hydrogen (secondary N) is 3. The van der Waals surface area contributed by atoms with Crippen LogP contribution in [0.5, 0.6) is 0 Å². The quantitative estimate of drug-likeness (QED) is 0.688. The second kappa shape index (κ2) is 6.13. The van der Waals surface area contributed by atoms with Crippen LogP contribution in [0.3, 0.4) is 0 Å². The third-order valence-electron chi connectivity index (χ3n) is 3.11. The first-order valence-electron chi connectivity index (χ1n) is 6.87. The Labute approximate surface area is 127 Å². The van der Waals surface area contributed by atoms with Gasteiger partial charge in [-0.05, 0) is 17.7 Å². The molecule has 0 saturated carbocycles. The maximum Gasteiger partial charge on any atom is 0.320 e. The minimum Gasteiger partial charge on any atom is -0.365 e. The lowest BCUT2D eigenvalue weighted by Crippen LogP contribution is -2.24. The van der Waals surface area contributed by atoms with Crippen molar-refractivity contribution in [3.05, 3.63) is 54.2 Å². The molecule has 112 valence electrons. The minimum atomic E-state index is -0.314. The van der Waals surface area contributed by atoms with Crippen LogP contribution in [-0.4, -0.2) is 27.7 Å². The van der Waals surface area contributed by atoms with Gasteiger partial charge in [-0.15, -0.1) is 5.10 Å². The van der Waals surface area contributed by atoms with Gasteiger partial charge in [-0.3, -0.25) is 5.32 Å². The van der Waals surface area contributed by atoms with E-state index in [0.29, 0.717) is 18.0 Å². The molecule has 0 aliphatic heterocycles. The molecule has 7 heteroatoms. The fourth-order valence-electron chi connectivity index (χ4n) is 2.00. The van der Waals surface area contributed by atoms with Crippen LogP contribution in [0, 0.1) is 0 Å². The van der Waals surface area contributed by atoms with Gasteiger partial charge in [0.2, 0.25) is 0 Å². The van der Waals surface area contributed by atoms with E-state index >= 15 is 0 Å². The van der Waals surface area contributed by atoms with Gasteiger partial charge in [0.25, 0.3) is 0 Å². The summed E-state index contributed by atoms with van der Waals surface area (Å²) in [6, 6.07) is 13.5. The number of carbonyl (C=O) groups excluding carboxylic acids is 1. The summed E-state index contributed by atoms with van der Waals surface area (Å²) < 4.78 is 1.62. The number of amides is 2. The molecule has 2 heterocycles. The number of imidazole rings is 1. The maximum absolute atomic E-state index is 11.3. The van der Waals surface area contributed by atoms with Crippen molar-refractivity contribution < 1.29 is 4.79 Å². The zero-order valence-corrected chi connectivity index (χ0v) is 12.1. The molecular weight excluding hydrogens is 280 g/mol. The molecule has 7 nitrogen and oxygen atoms in total. The van der Waals surface area contributed by atoms with Crippen LogP contribution in [-0.2, 0) is 6.54 Å². The number of hydrogen-bond acceptors (Lipinski definition) is 4. The van der Waals surface area contributed by atoms with Crippen LogP contribution in [0.1, 0.15) is 5.56 Å². The van der Waals surface area contributed by atoms with E-state index in [1.165, 1.54) is 5.56 Å². The van der Waals surface area contributed by atoms with Crippen LogP contribution in [0.15, 0.2) is 48.7 Å². The normalized spacial score (nSPS) is 10.4. The summed E-state index contributed by atoms with van der Waals surface area (Å²) in [5.74, 6) is 1.19. The molecule has 2 amide bonds. The van der Waals surface area contributed by atoms with Crippen LogP contribution < -0.4 is 16.0 Å². The molecule has 0 radical (unpaired) electrons. The van der Waals surface area contributed by atoms with E-state index in [2.05, 4.69) is 26.0 Å². The molecule has 3 N–H and O–H groups in total. The predicted octanol–water partition coefficient (Wildman–Crippen LogP) is 2.09. The fraction of sp³-hybridized carbons (Fsp3) is 0.133. The first-order valence-corrected chi connectivity index (χ1v) is 6.87. The Bertz CT molecular complexity index is 783. The molecule has 0 spiro atoms. The summed E-state index contributed by atoms with van der Waals surface area (Å²) in [7, 11) is 1.55. The van der Waals surface area contributed by atoms with Gasteiger partial charge in [-0.25, -0.2) is 14.3 Å². The van der Waals surface area contributed by atoms with E-state index in [1.807, 2.05) is 42.5 Å². The zero-order chi connectivity index (χ0) is 15.4. The van der Waals surface area contributed by atoms with Gasteiger partial charge in [-0.1, -0.05) is 30.3 Å². The highest BCUT2D eigenvalue weighted by Crippen LogP contribution is 2.12. The van der Waals surface area contributed by atoms with Crippen molar-refractivity contribution in [2.75, 3.05) is 17.7 Å². The van der Waals surface area contributed by atoms with Crippen LogP contribution in [0.25, 0.3) is 5.65 Å². The standard InChI is InChI=1S/C15H16N6O/c1-16-15(22)19-13-10-21-14(18-13)8-7-12(20-21)17-9-11-5-3-2-4-6-11/h2-8,10H,9H2,1H3,(H,17,20)(H2,16,19,22). The van der Waals surface area contributed by atoms with Gasteiger partial charge in [-0.2, -0.15) is 0 Å². The molecule has 2 aromatic heterocycles. The van der Waals surface area contributed by atoms with E-state index in [9.17, 15) is 4.79 Å². The Morgan fingerprint density at radius 2 is 1.95 bits per heavy atom. The predicted molar refractivity (Wildman–Crippen MR) is 84.8 cm³/mol. The molecule has 1 aromatic carbocycles. The summed E-state index contributed by atoms with van der Waals surface area (Å²) in [5.41, 5.74) is 1.84. The maximum atomic E-state index is 11.3. The van der Waals surface area contributed by atoms with Gasteiger partial charge >= 0.3 is 6.03 Å². The Morgan fingerprint density at radius 3 is 2.73 bits per heavy atom. The lowest BCUT2D eigenvalue weighted by molar-refractivity contribution is 0.254. The van der Waals surface area contributed by atoms with E-state index in [1.54, 1.807) is 17.8 Å². The number of carbonyl (C=O) groups is 1. The molecule has 0 fully saturated rings. The molecule has 0 unspecified atom stereocenters. The third kappa shape index (κ3) is 3.14. The topological polar surface area (TPSA) is 83.4 Å². The average molecular weight is 296 g/mol. The molecule has 22 heavy (non-hydrogen) atoms. The molecule has 0 bridgehead atoms. The smallest absolute Gasteiger partial charge is 0.320 e. The number of fused-ring (bicyclic) bond motifs is 1. The molecule has 3 rings (SSSR count). The lowest BCUT2D eigenvalue weighted by Gasteiger charge is -2.05. The van der Waals surface area contributed by atoms with E-state index in [-0.39, 0.29) is 6.03 Å². The summed E-state index contributed by atoms with van der Waals surface area (Å²) in [6.07, 6.45) is 1.66.